The topological polar surface area (TPSA) is 137 Å². The van der Waals surface area contributed by atoms with Gasteiger partial charge in [0.1, 0.15) is 0 Å². The van der Waals surface area contributed by atoms with Gasteiger partial charge in [0.25, 0.3) is 5.91 Å². The molecule has 3 N–H and O–H groups in total. The van der Waals surface area contributed by atoms with Crippen molar-refractivity contribution in [1.29, 1.82) is 0 Å². The molecular weight excluding hydrogens is 574 g/mol. The van der Waals surface area contributed by atoms with Crippen LogP contribution in [-0.2, 0) is 9.47 Å². The van der Waals surface area contributed by atoms with E-state index in [2.05, 4.69) is 25.8 Å². The van der Waals surface area contributed by atoms with Gasteiger partial charge in [-0.15, -0.1) is 12.4 Å². The molecule has 0 unspecified atom stereocenters. The number of likely N-dealkylation sites (N-methyl/N-ethyl adjacent to an activating group) is 1. The minimum atomic E-state index is -0.393. The second-order valence-corrected chi connectivity index (χ2v) is 10.3. The summed E-state index contributed by atoms with van der Waals surface area (Å²) in [5.41, 5.74) is 2.53. The number of hydrogen-bond acceptors (Lipinski definition) is 10. The summed E-state index contributed by atoms with van der Waals surface area (Å²) in [7, 11) is 3.90. The molecule has 13 nitrogen and oxygen atoms in total. The molecule has 0 atom stereocenters. The van der Waals surface area contributed by atoms with Crippen LogP contribution >= 0.6 is 12.4 Å². The first-order valence-electron chi connectivity index (χ1n) is 14.1. The van der Waals surface area contributed by atoms with Crippen LogP contribution in [0.1, 0.15) is 10.4 Å². The van der Waals surface area contributed by atoms with Gasteiger partial charge >= 0.3 is 6.03 Å². The van der Waals surface area contributed by atoms with Gasteiger partial charge < -0.3 is 40.1 Å². The molecule has 2 aliphatic rings. The van der Waals surface area contributed by atoms with Crippen molar-refractivity contribution in [3.8, 4) is 11.4 Å². The highest BCUT2D eigenvalue weighted by Gasteiger charge is 2.21. The number of amides is 3. The average Bonchev–Trinajstić information content (AvgIpc) is 3.02. The van der Waals surface area contributed by atoms with Crippen molar-refractivity contribution in [2.45, 2.75) is 0 Å². The Labute approximate surface area is 257 Å². The van der Waals surface area contributed by atoms with E-state index in [1.54, 1.807) is 24.3 Å². The zero-order valence-electron chi connectivity index (χ0n) is 24.4. The van der Waals surface area contributed by atoms with Gasteiger partial charge in [-0.25, -0.2) is 4.79 Å². The molecule has 3 heterocycles. The van der Waals surface area contributed by atoms with Crippen LogP contribution in [-0.4, -0.2) is 112 Å². The first-order chi connectivity index (χ1) is 20.4. The lowest BCUT2D eigenvalue weighted by atomic mass is 10.2. The van der Waals surface area contributed by atoms with Crippen molar-refractivity contribution < 1.29 is 19.1 Å². The summed E-state index contributed by atoms with van der Waals surface area (Å²) in [5, 5.41) is 8.51. The van der Waals surface area contributed by atoms with Crippen LogP contribution in [0.3, 0.4) is 0 Å². The highest BCUT2D eigenvalue weighted by atomic mass is 35.5. The van der Waals surface area contributed by atoms with E-state index in [1.807, 2.05) is 43.3 Å². The van der Waals surface area contributed by atoms with Gasteiger partial charge in [0.15, 0.2) is 5.82 Å². The Morgan fingerprint density at radius 2 is 1.26 bits per heavy atom. The number of aromatic nitrogens is 3. The van der Waals surface area contributed by atoms with E-state index in [1.165, 1.54) is 0 Å². The van der Waals surface area contributed by atoms with E-state index >= 15 is 0 Å². The third-order valence-corrected chi connectivity index (χ3v) is 6.85. The maximum atomic E-state index is 12.6. The molecule has 14 heteroatoms. The van der Waals surface area contributed by atoms with Crippen LogP contribution in [0.5, 0.6) is 0 Å². The Hall–Kier alpha value is -4.04. The van der Waals surface area contributed by atoms with E-state index in [4.69, 9.17) is 24.4 Å². The van der Waals surface area contributed by atoms with Crippen LogP contribution in [0, 0.1) is 0 Å². The van der Waals surface area contributed by atoms with Crippen LogP contribution in [0.25, 0.3) is 11.4 Å². The molecule has 0 aliphatic carbocycles. The molecule has 1 aromatic heterocycles. The van der Waals surface area contributed by atoms with Gasteiger partial charge in [0.05, 0.1) is 26.4 Å². The van der Waals surface area contributed by atoms with Crippen molar-refractivity contribution in [1.82, 2.24) is 25.2 Å². The normalized spacial score (nSPS) is 15.0. The molecule has 2 aliphatic heterocycles. The first-order valence-corrected chi connectivity index (χ1v) is 14.1. The molecule has 2 aromatic carbocycles. The predicted molar refractivity (Wildman–Crippen MR) is 169 cm³/mol. The van der Waals surface area contributed by atoms with Crippen LogP contribution in [0.15, 0.2) is 48.5 Å². The molecule has 3 amide bonds. The maximum absolute atomic E-state index is 12.6. The quantitative estimate of drug-likeness (QED) is 0.331. The van der Waals surface area contributed by atoms with E-state index in [0.29, 0.717) is 67.6 Å². The summed E-state index contributed by atoms with van der Waals surface area (Å²) in [6.45, 7) is 6.72. The lowest BCUT2D eigenvalue weighted by Crippen LogP contribution is -2.40. The third kappa shape index (κ3) is 8.97. The number of halogens is 1. The van der Waals surface area contributed by atoms with Crippen molar-refractivity contribution in [2.24, 2.45) is 0 Å². The molecule has 2 saturated heterocycles. The Bertz CT molecular complexity index is 1310. The zero-order valence-corrected chi connectivity index (χ0v) is 25.2. The van der Waals surface area contributed by atoms with Gasteiger partial charge in [-0.05, 0) is 62.6 Å². The molecule has 5 rings (SSSR count). The van der Waals surface area contributed by atoms with Crippen molar-refractivity contribution in [2.75, 3.05) is 100 Å². The van der Waals surface area contributed by atoms with E-state index in [-0.39, 0.29) is 18.3 Å². The summed E-state index contributed by atoms with van der Waals surface area (Å²) in [5.74, 6) is 1.67. The lowest BCUT2D eigenvalue weighted by molar-refractivity contribution is 0.0951. The van der Waals surface area contributed by atoms with E-state index in [0.717, 1.165) is 38.3 Å². The minimum absolute atomic E-state index is 0. The third-order valence-electron chi connectivity index (χ3n) is 6.85. The van der Waals surface area contributed by atoms with Gasteiger partial charge in [-0.2, -0.15) is 15.0 Å². The molecule has 0 saturated carbocycles. The summed E-state index contributed by atoms with van der Waals surface area (Å²) in [6, 6.07) is 13.7. The fraction of sp³-hybridized carbons (Fsp3) is 0.414. The van der Waals surface area contributed by atoms with E-state index in [9.17, 15) is 9.59 Å². The zero-order chi connectivity index (χ0) is 29.3. The number of hydrogen-bond donors (Lipinski definition) is 3. The monoisotopic (exact) mass is 611 g/mol. The number of ether oxygens (including phenoxy) is 2. The maximum Gasteiger partial charge on any atom is 0.323 e. The number of benzene rings is 2. The summed E-state index contributed by atoms with van der Waals surface area (Å²) >= 11 is 0. The van der Waals surface area contributed by atoms with Gasteiger partial charge in [0.2, 0.25) is 11.9 Å². The average molecular weight is 612 g/mol. The predicted octanol–water partition coefficient (Wildman–Crippen LogP) is 2.57. The SMILES string of the molecule is CN(C)CCNC(=O)c1ccc(NC(=O)Nc2ccc(-c3nc(N4CCOCC4)nc(N4CCOCC4)n3)cc2)cc1.Cl. The summed E-state index contributed by atoms with van der Waals surface area (Å²) < 4.78 is 11.0. The number of carbonyl (C=O) groups is 2. The lowest BCUT2D eigenvalue weighted by Gasteiger charge is -2.30. The Morgan fingerprint density at radius 1 is 0.767 bits per heavy atom. The van der Waals surface area contributed by atoms with Crippen molar-refractivity contribution in [3.05, 3.63) is 54.1 Å². The Morgan fingerprint density at radius 3 is 1.74 bits per heavy atom. The molecular formula is C29H38ClN9O4. The number of anilines is 4. The van der Waals surface area contributed by atoms with E-state index < -0.39 is 6.03 Å². The smallest absolute Gasteiger partial charge is 0.323 e. The number of carbonyl (C=O) groups excluding carboxylic acids is 2. The first kappa shape index (κ1) is 31.9. The largest absolute Gasteiger partial charge is 0.378 e. The number of nitrogens with zero attached hydrogens (tertiary/aromatic N) is 6. The molecule has 0 radical (unpaired) electrons. The second-order valence-electron chi connectivity index (χ2n) is 10.3. The molecule has 230 valence electrons. The van der Waals surface area contributed by atoms with Gasteiger partial charge in [-0.1, -0.05) is 0 Å². The van der Waals surface area contributed by atoms with Gasteiger partial charge in [0, 0.05) is 61.8 Å². The number of rotatable bonds is 9. The molecule has 43 heavy (non-hydrogen) atoms. The summed E-state index contributed by atoms with van der Waals surface area (Å²) in [4.78, 5) is 45.4. The van der Waals surface area contributed by atoms with Crippen LogP contribution < -0.4 is 25.8 Å². The van der Waals surface area contributed by atoms with Crippen LogP contribution in [0.2, 0.25) is 0 Å². The summed E-state index contributed by atoms with van der Waals surface area (Å²) in [6.07, 6.45) is 0. The van der Waals surface area contributed by atoms with Crippen molar-refractivity contribution in [3.63, 3.8) is 0 Å². The number of urea groups is 1. The van der Waals surface area contributed by atoms with Crippen LogP contribution in [0.4, 0.5) is 28.1 Å². The standard InChI is InChI=1S/C29H37N9O4.ClH/c1-36(2)12-11-30-26(39)22-5-9-24(10-6-22)32-29(40)31-23-7-3-21(4-8-23)25-33-27(37-13-17-41-18-14-37)35-28(34-25)38-15-19-42-20-16-38;/h3-10H,11-20H2,1-2H3,(H,30,39)(H2,31,32,40);1H. The number of morpholine rings is 2. The fourth-order valence-electron chi connectivity index (χ4n) is 4.49. The molecule has 0 spiro atoms. The number of nitrogens with one attached hydrogen (secondary N) is 3. The highest BCUT2D eigenvalue weighted by Crippen LogP contribution is 2.24. The fourth-order valence-corrected chi connectivity index (χ4v) is 4.49. The molecule has 3 aromatic rings. The Kier molecular flexibility index (Phi) is 11.4. The highest BCUT2D eigenvalue weighted by molar-refractivity contribution is 6.00. The van der Waals surface area contributed by atoms with Gasteiger partial charge in [-0.3, -0.25) is 4.79 Å². The molecule has 0 bridgehead atoms. The van der Waals surface area contributed by atoms with Crippen molar-refractivity contribution >= 4 is 47.6 Å². The second kappa shape index (κ2) is 15.4. The molecule has 2 fully saturated rings. The minimum Gasteiger partial charge on any atom is -0.378 e. The Balaban J connectivity index is 0.00000423.